The molecule has 0 spiro atoms. The molecule has 1 aromatic carbocycles. The molecule has 2 aromatic rings. The number of aryl methyl sites for hydroxylation is 1. The number of benzene rings is 1. The first-order valence-electron chi connectivity index (χ1n) is 7.91. The predicted octanol–water partition coefficient (Wildman–Crippen LogP) is 2.81. The summed E-state index contributed by atoms with van der Waals surface area (Å²) in [5.74, 6) is -0.133. The average Bonchev–Trinajstić information content (AvgIpc) is 2.83. The molecular formula is C18H19N3O4. The fourth-order valence-corrected chi connectivity index (χ4v) is 2.99. The van der Waals surface area contributed by atoms with Gasteiger partial charge in [0, 0.05) is 16.9 Å². The number of carbonyl (C=O) groups excluding carboxylic acids is 3. The molecule has 7 heteroatoms. The number of rotatable bonds is 3. The van der Waals surface area contributed by atoms with Gasteiger partial charge in [-0.2, -0.15) is 0 Å². The number of aromatic nitrogens is 1. The summed E-state index contributed by atoms with van der Waals surface area (Å²) in [6.45, 7) is 6.62. The molecule has 25 heavy (non-hydrogen) atoms. The molecule has 1 aromatic heterocycles. The number of fused-ring (bicyclic) bond motifs is 1. The number of nitrogens with one attached hydrogen (secondary N) is 3. The molecule has 0 aliphatic carbocycles. The number of amides is 2. The van der Waals surface area contributed by atoms with E-state index < -0.39 is 6.10 Å². The van der Waals surface area contributed by atoms with Gasteiger partial charge in [0.15, 0.2) is 11.9 Å². The molecule has 1 aliphatic heterocycles. The Kier molecular flexibility index (Phi) is 4.08. The Labute approximate surface area is 144 Å². The van der Waals surface area contributed by atoms with Crippen LogP contribution in [-0.2, 0) is 4.79 Å². The molecule has 0 unspecified atom stereocenters. The van der Waals surface area contributed by atoms with Crippen molar-refractivity contribution in [3.05, 3.63) is 40.7 Å². The lowest BCUT2D eigenvalue weighted by atomic mass is 10.1. The summed E-state index contributed by atoms with van der Waals surface area (Å²) < 4.78 is 5.48. The lowest BCUT2D eigenvalue weighted by Gasteiger charge is -2.23. The standard InChI is InChI=1S/C18H19N3O4/c1-8-15(10(3)22)9(2)19-16(8)18(24)20-12-5-6-14-13(7-12)21-17(23)11(4)25-14/h5-7,11,19H,1-4H3,(H,20,24)(H,21,23)/t11-/m0/s1. The number of hydrogen-bond acceptors (Lipinski definition) is 4. The molecular weight excluding hydrogens is 322 g/mol. The maximum atomic E-state index is 12.5. The van der Waals surface area contributed by atoms with Gasteiger partial charge < -0.3 is 20.4 Å². The lowest BCUT2D eigenvalue weighted by Crippen LogP contribution is -2.34. The van der Waals surface area contributed by atoms with Gasteiger partial charge in [0.05, 0.1) is 5.69 Å². The van der Waals surface area contributed by atoms with Crippen molar-refractivity contribution in [2.24, 2.45) is 0 Å². The number of aromatic amines is 1. The van der Waals surface area contributed by atoms with Crippen LogP contribution in [0.25, 0.3) is 0 Å². The van der Waals surface area contributed by atoms with Crippen molar-refractivity contribution < 1.29 is 19.1 Å². The molecule has 3 rings (SSSR count). The second-order valence-corrected chi connectivity index (χ2v) is 6.10. The van der Waals surface area contributed by atoms with E-state index in [1.54, 1.807) is 39.0 Å². The van der Waals surface area contributed by atoms with E-state index >= 15 is 0 Å². The molecule has 0 saturated heterocycles. The maximum Gasteiger partial charge on any atom is 0.272 e. The summed E-state index contributed by atoms with van der Waals surface area (Å²) in [6, 6.07) is 5.01. The van der Waals surface area contributed by atoms with Crippen molar-refractivity contribution in [1.29, 1.82) is 0 Å². The van der Waals surface area contributed by atoms with E-state index in [4.69, 9.17) is 4.74 Å². The zero-order chi connectivity index (χ0) is 18.3. The van der Waals surface area contributed by atoms with Gasteiger partial charge in [-0.1, -0.05) is 0 Å². The smallest absolute Gasteiger partial charge is 0.272 e. The number of anilines is 2. The summed E-state index contributed by atoms with van der Waals surface area (Å²) in [5.41, 5.74) is 3.17. The molecule has 3 N–H and O–H groups in total. The topological polar surface area (TPSA) is 100 Å². The molecule has 130 valence electrons. The monoisotopic (exact) mass is 341 g/mol. The molecule has 1 atom stereocenters. The fraction of sp³-hybridized carbons (Fsp3) is 0.278. The summed E-state index contributed by atoms with van der Waals surface area (Å²) in [5, 5.41) is 5.50. The minimum absolute atomic E-state index is 0.0898. The largest absolute Gasteiger partial charge is 0.479 e. The third-order valence-corrected chi connectivity index (χ3v) is 4.18. The Morgan fingerprint density at radius 1 is 1.24 bits per heavy atom. The van der Waals surface area contributed by atoms with Crippen LogP contribution in [0.5, 0.6) is 5.75 Å². The molecule has 0 radical (unpaired) electrons. The van der Waals surface area contributed by atoms with Crippen LogP contribution in [0, 0.1) is 13.8 Å². The maximum absolute atomic E-state index is 12.5. The summed E-state index contributed by atoms with van der Waals surface area (Å²) in [7, 11) is 0. The number of H-pyrrole nitrogens is 1. The van der Waals surface area contributed by atoms with Gasteiger partial charge in [-0.05, 0) is 51.5 Å². The minimum atomic E-state index is -0.553. The molecule has 2 heterocycles. The highest BCUT2D eigenvalue weighted by Crippen LogP contribution is 2.32. The van der Waals surface area contributed by atoms with Gasteiger partial charge >= 0.3 is 0 Å². The van der Waals surface area contributed by atoms with Gasteiger partial charge in [-0.15, -0.1) is 0 Å². The molecule has 0 saturated carbocycles. The van der Waals surface area contributed by atoms with E-state index in [1.165, 1.54) is 6.92 Å². The van der Waals surface area contributed by atoms with Crippen molar-refractivity contribution in [2.75, 3.05) is 10.6 Å². The number of hydrogen-bond donors (Lipinski definition) is 3. The van der Waals surface area contributed by atoms with Gasteiger partial charge in [0.1, 0.15) is 11.4 Å². The van der Waals surface area contributed by atoms with Gasteiger partial charge in [-0.3, -0.25) is 14.4 Å². The Bertz CT molecular complexity index is 898. The van der Waals surface area contributed by atoms with Crippen molar-refractivity contribution in [3.63, 3.8) is 0 Å². The van der Waals surface area contributed by atoms with E-state index in [1.807, 2.05) is 0 Å². The van der Waals surface area contributed by atoms with Crippen LogP contribution in [0.3, 0.4) is 0 Å². The Balaban J connectivity index is 1.85. The second kappa shape index (κ2) is 6.08. The highest BCUT2D eigenvalue weighted by molar-refractivity contribution is 6.08. The third-order valence-electron chi connectivity index (χ3n) is 4.18. The quantitative estimate of drug-likeness (QED) is 0.747. The first-order chi connectivity index (χ1) is 11.8. The summed E-state index contributed by atoms with van der Waals surface area (Å²) in [4.78, 5) is 38.9. The first kappa shape index (κ1) is 16.8. The van der Waals surface area contributed by atoms with Gasteiger partial charge in [0.25, 0.3) is 11.8 Å². The van der Waals surface area contributed by atoms with Gasteiger partial charge in [0.2, 0.25) is 0 Å². The molecule has 7 nitrogen and oxygen atoms in total. The lowest BCUT2D eigenvalue weighted by molar-refractivity contribution is -0.122. The number of carbonyl (C=O) groups is 3. The molecule has 2 amide bonds. The summed E-state index contributed by atoms with van der Waals surface area (Å²) in [6.07, 6.45) is -0.553. The highest BCUT2D eigenvalue weighted by Gasteiger charge is 2.24. The Morgan fingerprint density at radius 3 is 2.60 bits per heavy atom. The number of Topliss-reactive ketones (excluding diaryl/α,β-unsaturated/α-hetero) is 1. The zero-order valence-electron chi connectivity index (χ0n) is 14.4. The Morgan fingerprint density at radius 2 is 1.96 bits per heavy atom. The van der Waals surface area contributed by atoms with Crippen LogP contribution in [-0.4, -0.2) is 28.7 Å². The van der Waals surface area contributed by atoms with Crippen molar-refractivity contribution in [1.82, 2.24) is 4.98 Å². The number of ketones is 1. The van der Waals surface area contributed by atoms with Crippen LogP contribution in [0.1, 0.15) is 46.0 Å². The van der Waals surface area contributed by atoms with E-state index in [-0.39, 0.29) is 17.6 Å². The number of ether oxygens (including phenoxy) is 1. The van der Waals surface area contributed by atoms with Gasteiger partial charge in [-0.25, -0.2) is 0 Å². The summed E-state index contributed by atoms with van der Waals surface area (Å²) >= 11 is 0. The highest BCUT2D eigenvalue weighted by atomic mass is 16.5. The van der Waals surface area contributed by atoms with E-state index in [0.29, 0.717) is 39.6 Å². The van der Waals surface area contributed by atoms with Crippen molar-refractivity contribution >= 4 is 29.0 Å². The van der Waals surface area contributed by atoms with Crippen LogP contribution >= 0.6 is 0 Å². The second-order valence-electron chi connectivity index (χ2n) is 6.10. The predicted molar refractivity (Wildman–Crippen MR) is 93.4 cm³/mol. The SMILES string of the molecule is CC(=O)c1c(C)[nH]c(C(=O)Nc2ccc3c(c2)NC(=O)[C@H](C)O3)c1C. The Hall–Kier alpha value is -3.09. The molecule has 1 aliphatic rings. The van der Waals surface area contributed by atoms with Crippen LogP contribution in [0.2, 0.25) is 0 Å². The molecule has 0 bridgehead atoms. The van der Waals surface area contributed by atoms with E-state index in [2.05, 4.69) is 15.6 Å². The molecule has 0 fully saturated rings. The zero-order valence-corrected chi connectivity index (χ0v) is 14.4. The third kappa shape index (κ3) is 3.00. The van der Waals surface area contributed by atoms with Crippen LogP contribution < -0.4 is 15.4 Å². The van der Waals surface area contributed by atoms with E-state index in [0.717, 1.165) is 0 Å². The van der Waals surface area contributed by atoms with Crippen LogP contribution in [0.15, 0.2) is 18.2 Å². The van der Waals surface area contributed by atoms with Crippen molar-refractivity contribution in [3.8, 4) is 5.75 Å². The van der Waals surface area contributed by atoms with Crippen molar-refractivity contribution in [2.45, 2.75) is 33.8 Å². The van der Waals surface area contributed by atoms with E-state index in [9.17, 15) is 14.4 Å². The minimum Gasteiger partial charge on any atom is -0.479 e. The average molecular weight is 341 g/mol. The first-order valence-corrected chi connectivity index (χ1v) is 7.91. The normalized spacial score (nSPS) is 15.8. The van der Waals surface area contributed by atoms with Crippen LogP contribution in [0.4, 0.5) is 11.4 Å². The fourth-order valence-electron chi connectivity index (χ4n) is 2.99.